The standard InChI is InChI=1S/C56H103NO13/c1-3-5-7-8-9-10-11-12-13-14-15-16-17-18-19-20-21-22-23-24-25-26-27-28-29-30-31-32-33-34-35-36-38-39-45(60)44(57-48(61)40-37-6-4-2)43-67-55-53(66)51(64)54(47(42-59)69-55)70-56-52(65)50(63)49(62)46(41-58)68-56/h29-30,33-34,38-39,44-47,49-56,58-60,62-66H,3-28,31-32,35-37,40-43H2,1-2H3,(H,57,61)/b30-29+,34-33+,39-38+. The Morgan fingerprint density at radius 3 is 1.40 bits per heavy atom. The van der Waals surface area contributed by atoms with Gasteiger partial charge in [0.05, 0.1) is 32.0 Å². The summed E-state index contributed by atoms with van der Waals surface area (Å²) in [5.74, 6) is -0.279. The molecule has 0 spiro atoms. The highest BCUT2D eigenvalue weighted by atomic mass is 16.7. The minimum atomic E-state index is -1.79. The van der Waals surface area contributed by atoms with Crippen LogP contribution >= 0.6 is 0 Å². The van der Waals surface area contributed by atoms with Gasteiger partial charge < -0.3 is 65.1 Å². The molecule has 9 N–H and O–H groups in total. The van der Waals surface area contributed by atoms with E-state index < -0.39 is 86.8 Å². The minimum absolute atomic E-state index is 0.255. The first-order valence-corrected chi connectivity index (χ1v) is 28.2. The molecule has 2 aliphatic heterocycles. The monoisotopic (exact) mass is 998 g/mol. The molecule has 2 saturated heterocycles. The van der Waals surface area contributed by atoms with Gasteiger partial charge in [0.15, 0.2) is 12.6 Å². The van der Waals surface area contributed by atoms with Crippen molar-refractivity contribution in [2.24, 2.45) is 0 Å². The molecule has 0 aromatic heterocycles. The Kier molecular flexibility index (Phi) is 39.1. The van der Waals surface area contributed by atoms with Crippen LogP contribution in [0.2, 0.25) is 0 Å². The van der Waals surface area contributed by atoms with E-state index in [9.17, 15) is 45.6 Å². The Morgan fingerprint density at radius 2 is 0.914 bits per heavy atom. The average Bonchev–Trinajstić information content (AvgIpc) is 3.36. The van der Waals surface area contributed by atoms with Crippen LogP contribution in [0.1, 0.15) is 219 Å². The van der Waals surface area contributed by atoms with E-state index in [0.29, 0.717) is 12.8 Å². The van der Waals surface area contributed by atoms with Crippen molar-refractivity contribution in [1.29, 1.82) is 0 Å². The Labute approximate surface area is 423 Å². The van der Waals surface area contributed by atoms with E-state index in [1.54, 1.807) is 6.08 Å². The summed E-state index contributed by atoms with van der Waals surface area (Å²) in [6.07, 6.45) is 34.9. The maximum Gasteiger partial charge on any atom is 0.220 e. The zero-order chi connectivity index (χ0) is 51.0. The first-order chi connectivity index (χ1) is 34.1. The number of ether oxygens (including phenoxy) is 4. The molecule has 2 heterocycles. The average molecular weight is 998 g/mol. The summed E-state index contributed by atoms with van der Waals surface area (Å²) in [6, 6.07) is -0.931. The number of aliphatic hydroxyl groups is 8. The van der Waals surface area contributed by atoms with E-state index in [0.717, 1.165) is 38.5 Å². The number of amides is 1. The smallest absolute Gasteiger partial charge is 0.220 e. The van der Waals surface area contributed by atoms with Crippen molar-refractivity contribution in [2.45, 2.75) is 293 Å². The van der Waals surface area contributed by atoms with Crippen molar-refractivity contribution < 1.29 is 64.6 Å². The topological polar surface area (TPSA) is 228 Å². The van der Waals surface area contributed by atoms with E-state index in [4.69, 9.17) is 18.9 Å². The van der Waals surface area contributed by atoms with Gasteiger partial charge in [0.1, 0.15) is 48.8 Å². The SMILES string of the molecule is CCCCCCCCCCCCCCCCCCCCCCCCC/C=C/CC/C=C/CC/C=C/C(O)C(COC1OC(CO)C(OC2OC(CO)C(O)C(O)C2O)C(O)C1O)NC(=O)CCCCC. The summed E-state index contributed by atoms with van der Waals surface area (Å²) >= 11 is 0. The number of aliphatic hydroxyl groups excluding tert-OH is 8. The number of nitrogens with one attached hydrogen (secondary N) is 1. The second-order valence-electron chi connectivity index (χ2n) is 20.1. The second kappa shape index (κ2) is 42.6. The van der Waals surface area contributed by atoms with Gasteiger partial charge >= 0.3 is 0 Å². The lowest BCUT2D eigenvalue weighted by atomic mass is 9.97. The molecule has 0 saturated carbocycles. The van der Waals surface area contributed by atoms with E-state index in [2.05, 4.69) is 36.5 Å². The van der Waals surface area contributed by atoms with Crippen LogP contribution in [0.15, 0.2) is 36.5 Å². The highest BCUT2D eigenvalue weighted by Crippen LogP contribution is 2.30. The van der Waals surface area contributed by atoms with Crippen molar-refractivity contribution >= 4 is 5.91 Å². The van der Waals surface area contributed by atoms with Crippen molar-refractivity contribution in [2.75, 3.05) is 19.8 Å². The minimum Gasteiger partial charge on any atom is -0.394 e. The molecular formula is C56H103NO13. The van der Waals surface area contributed by atoms with Crippen molar-refractivity contribution in [3.63, 3.8) is 0 Å². The summed E-state index contributed by atoms with van der Waals surface area (Å²) in [7, 11) is 0. The largest absolute Gasteiger partial charge is 0.394 e. The molecule has 0 radical (unpaired) electrons. The van der Waals surface area contributed by atoms with Gasteiger partial charge in [-0.2, -0.15) is 0 Å². The highest BCUT2D eigenvalue weighted by Gasteiger charge is 2.51. The third kappa shape index (κ3) is 28.6. The summed E-state index contributed by atoms with van der Waals surface area (Å²) in [5.41, 5.74) is 0. The number of hydrogen-bond donors (Lipinski definition) is 9. The van der Waals surface area contributed by atoms with Crippen LogP contribution in [0, 0.1) is 0 Å². The molecule has 2 fully saturated rings. The van der Waals surface area contributed by atoms with Crippen molar-refractivity contribution in [1.82, 2.24) is 5.32 Å². The lowest BCUT2D eigenvalue weighted by molar-refractivity contribution is -0.359. The molecule has 14 heteroatoms. The highest BCUT2D eigenvalue weighted by molar-refractivity contribution is 5.76. The normalized spacial score (nSPS) is 26.2. The first-order valence-electron chi connectivity index (χ1n) is 28.2. The molecule has 14 nitrogen and oxygen atoms in total. The number of carbonyl (C=O) groups is 1. The third-order valence-corrected chi connectivity index (χ3v) is 13.8. The first kappa shape index (κ1) is 64.3. The fraction of sp³-hybridized carbons (Fsp3) is 0.875. The predicted molar refractivity (Wildman–Crippen MR) is 277 cm³/mol. The van der Waals surface area contributed by atoms with Crippen molar-refractivity contribution in [3.05, 3.63) is 36.5 Å². The number of rotatable bonds is 44. The maximum absolute atomic E-state index is 12.8. The van der Waals surface area contributed by atoms with Gasteiger partial charge in [0.2, 0.25) is 5.91 Å². The van der Waals surface area contributed by atoms with E-state index in [1.807, 2.05) is 13.0 Å². The van der Waals surface area contributed by atoms with Crippen LogP contribution in [0.5, 0.6) is 0 Å². The van der Waals surface area contributed by atoms with Gasteiger partial charge in [-0.15, -0.1) is 0 Å². The van der Waals surface area contributed by atoms with Crippen molar-refractivity contribution in [3.8, 4) is 0 Å². The van der Waals surface area contributed by atoms with Crippen LogP contribution in [-0.2, 0) is 23.7 Å². The van der Waals surface area contributed by atoms with Gasteiger partial charge in [0.25, 0.3) is 0 Å². The Balaban J connectivity index is 1.57. The quantitative estimate of drug-likeness (QED) is 0.0206. The summed E-state index contributed by atoms with van der Waals surface area (Å²) in [5, 5.41) is 86.1. The summed E-state index contributed by atoms with van der Waals surface area (Å²) < 4.78 is 22.5. The van der Waals surface area contributed by atoms with E-state index in [1.165, 1.54) is 148 Å². The van der Waals surface area contributed by atoms with Crippen LogP contribution < -0.4 is 5.32 Å². The maximum atomic E-state index is 12.8. The molecule has 12 atom stereocenters. The molecule has 0 bridgehead atoms. The Hall–Kier alpha value is -1.79. The molecule has 0 aromatic carbocycles. The molecule has 0 aromatic rings. The number of carbonyl (C=O) groups excluding carboxylic acids is 1. The second-order valence-corrected chi connectivity index (χ2v) is 20.1. The number of unbranched alkanes of at least 4 members (excludes halogenated alkanes) is 27. The fourth-order valence-corrected chi connectivity index (χ4v) is 9.21. The molecule has 70 heavy (non-hydrogen) atoms. The zero-order valence-electron chi connectivity index (χ0n) is 43.8. The van der Waals surface area contributed by atoms with E-state index in [-0.39, 0.29) is 18.9 Å². The number of hydrogen-bond acceptors (Lipinski definition) is 13. The zero-order valence-corrected chi connectivity index (χ0v) is 43.8. The fourth-order valence-electron chi connectivity index (χ4n) is 9.21. The molecule has 2 aliphatic rings. The van der Waals surface area contributed by atoms with Gasteiger partial charge in [-0.25, -0.2) is 0 Å². The lowest BCUT2D eigenvalue weighted by Crippen LogP contribution is -2.65. The van der Waals surface area contributed by atoms with Crippen LogP contribution in [0.25, 0.3) is 0 Å². The van der Waals surface area contributed by atoms with Gasteiger partial charge in [-0.1, -0.05) is 204 Å². The Morgan fingerprint density at radius 1 is 0.500 bits per heavy atom. The summed E-state index contributed by atoms with van der Waals surface area (Å²) in [4.78, 5) is 12.8. The van der Waals surface area contributed by atoms with E-state index >= 15 is 0 Å². The molecular weight excluding hydrogens is 895 g/mol. The van der Waals surface area contributed by atoms with Crippen LogP contribution in [0.3, 0.4) is 0 Å². The van der Waals surface area contributed by atoms with Crippen LogP contribution in [0.4, 0.5) is 0 Å². The third-order valence-electron chi connectivity index (χ3n) is 13.8. The number of allylic oxidation sites excluding steroid dienone is 5. The van der Waals surface area contributed by atoms with Gasteiger partial charge in [-0.05, 0) is 44.9 Å². The van der Waals surface area contributed by atoms with Gasteiger partial charge in [0, 0.05) is 6.42 Å². The molecule has 1 amide bonds. The molecule has 2 rings (SSSR count). The Bertz CT molecular complexity index is 1320. The lowest BCUT2D eigenvalue weighted by Gasteiger charge is -2.46. The molecule has 410 valence electrons. The van der Waals surface area contributed by atoms with Crippen LogP contribution in [-0.4, -0.2) is 140 Å². The summed E-state index contributed by atoms with van der Waals surface area (Å²) in [6.45, 7) is 2.58. The van der Waals surface area contributed by atoms with Gasteiger partial charge in [-0.3, -0.25) is 4.79 Å². The molecule has 0 aliphatic carbocycles. The predicted octanol–water partition coefficient (Wildman–Crippen LogP) is 8.66. The molecule has 12 unspecified atom stereocenters.